The lowest BCUT2D eigenvalue weighted by molar-refractivity contribution is -0.0180. The molecule has 0 heterocycles. The van der Waals surface area contributed by atoms with Gasteiger partial charge >= 0.3 is 0 Å². The lowest BCUT2D eigenvalue weighted by atomic mass is 9.52. The molecule has 188 valence electrons. The second-order valence-corrected chi connectivity index (χ2v) is 11.6. The quantitative estimate of drug-likeness (QED) is 0.384. The largest absolute Gasteiger partial charge is 0.103 e. The third-order valence-electron chi connectivity index (χ3n) is 9.44. The van der Waals surface area contributed by atoms with Crippen LogP contribution in [0, 0.1) is 34.5 Å². The highest BCUT2D eigenvalue weighted by Gasteiger charge is 2.46. The molecule has 5 rings (SSSR count). The molecule has 5 fully saturated rings. The molecule has 0 aromatic rings. The zero-order valence-electron chi connectivity index (χ0n) is 18.9. The predicted molar refractivity (Wildman–Crippen MR) is 147 cm³/mol. The van der Waals surface area contributed by atoms with Gasteiger partial charge in [-0.25, -0.2) is 0 Å². The molecule has 2 bridgehead atoms. The molecule has 0 saturated heterocycles. The first-order valence-electron chi connectivity index (χ1n) is 12.6. The SMILES string of the molecule is C.C.C.C.C=CC1CCC(C)CC1.CCC1CCC(CC23CCC(C)(CC2)CC3)CC1. The zero-order valence-corrected chi connectivity index (χ0v) is 18.9. The number of rotatable bonds is 4. The number of allylic oxidation sites excluding steroid dienone is 1. The molecule has 5 aliphatic rings. The van der Waals surface area contributed by atoms with Gasteiger partial charge in [0, 0.05) is 0 Å². The van der Waals surface area contributed by atoms with Gasteiger partial charge in [0.1, 0.15) is 0 Å². The molecule has 0 aromatic carbocycles. The van der Waals surface area contributed by atoms with E-state index in [0.29, 0.717) is 0 Å². The molecule has 0 heteroatoms. The molecule has 0 atom stereocenters. The Balaban J connectivity index is 0. The van der Waals surface area contributed by atoms with E-state index >= 15 is 0 Å². The summed E-state index contributed by atoms with van der Waals surface area (Å²) in [7, 11) is 0. The first-order valence-corrected chi connectivity index (χ1v) is 12.6. The van der Waals surface area contributed by atoms with Crippen molar-refractivity contribution < 1.29 is 0 Å². The van der Waals surface area contributed by atoms with Crippen molar-refractivity contribution in [3.63, 3.8) is 0 Å². The molecule has 0 nitrogen and oxygen atoms in total. The summed E-state index contributed by atoms with van der Waals surface area (Å²) in [5, 5.41) is 0. The Kier molecular flexibility index (Phi) is 15.7. The summed E-state index contributed by atoms with van der Waals surface area (Å²) in [6.45, 7) is 11.1. The van der Waals surface area contributed by atoms with E-state index in [2.05, 4.69) is 33.4 Å². The summed E-state index contributed by atoms with van der Waals surface area (Å²) in [6.07, 6.45) is 26.2. The van der Waals surface area contributed by atoms with E-state index in [4.69, 9.17) is 0 Å². The summed E-state index contributed by atoms with van der Waals surface area (Å²) in [4.78, 5) is 0. The Bertz CT molecular complexity index is 420. The molecule has 0 N–H and O–H groups in total. The smallest absolute Gasteiger partial charge is 0.0236 e. The zero-order chi connectivity index (χ0) is 19.3. The Morgan fingerprint density at radius 3 is 1.58 bits per heavy atom. The van der Waals surface area contributed by atoms with E-state index in [0.717, 1.165) is 34.5 Å². The van der Waals surface area contributed by atoms with Crippen LogP contribution < -0.4 is 0 Å². The molecule has 0 amide bonds. The molecule has 0 spiro atoms. The highest BCUT2D eigenvalue weighted by Crippen LogP contribution is 2.59. The van der Waals surface area contributed by atoms with Crippen molar-refractivity contribution >= 4 is 0 Å². The average Bonchev–Trinajstić information content (AvgIpc) is 2.71. The van der Waals surface area contributed by atoms with Crippen molar-refractivity contribution in [2.24, 2.45) is 34.5 Å². The highest BCUT2D eigenvalue weighted by atomic mass is 14.5. The van der Waals surface area contributed by atoms with Crippen LogP contribution in [0.3, 0.4) is 0 Å². The van der Waals surface area contributed by atoms with Crippen LogP contribution in [0.4, 0.5) is 0 Å². The average molecular weight is 437 g/mol. The van der Waals surface area contributed by atoms with Crippen LogP contribution in [0.25, 0.3) is 0 Å². The van der Waals surface area contributed by atoms with Gasteiger partial charge in [-0.2, -0.15) is 0 Å². The van der Waals surface area contributed by atoms with Crippen LogP contribution in [0.1, 0.15) is 153 Å². The van der Waals surface area contributed by atoms with Gasteiger partial charge in [-0.15, -0.1) is 6.58 Å². The molecule has 5 aliphatic carbocycles. The third kappa shape index (κ3) is 9.25. The maximum Gasteiger partial charge on any atom is -0.0236 e. The molecular weight excluding hydrogens is 372 g/mol. The lowest BCUT2D eigenvalue weighted by Gasteiger charge is -2.53. The Morgan fingerprint density at radius 2 is 1.16 bits per heavy atom. The maximum atomic E-state index is 3.81. The van der Waals surface area contributed by atoms with Crippen molar-refractivity contribution in [3.8, 4) is 0 Å². The van der Waals surface area contributed by atoms with E-state index in [1.54, 1.807) is 38.5 Å². The maximum absolute atomic E-state index is 3.81. The van der Waals surface area contributed by atoms with Crippen molar-refractivity contribution in [1.29, 1.82) is 0 Å². The van der Waals surface area contributed by atoms with Gasteiger partial charge in [-0.05, 0) is 92.3 Å². The third-order valence-corrected chi connectivity index (χ3v) is 9.44. The number of hydrogen-bond donors (Lipinski definition) is 0. The number of hydrogen-bond acceptors (Lipinski definition) is 0. The lowest BCUT2D eigenvalue weighted by Crippen LogP contribution is -2.41. The Morgan fingerprint density at radius 1 is 0.710 bits per heavy atom. The normalized spacial score (nSPS) is 38.5. The minimum absolute atomic E-state index is 0. The highest BCUT2D eigenvalue weighted by molar-refractivity contribution is 4.98. The first kappa shape index (κ1) is 32.9. The molecule has 0 unspecified atom stereocenters. The predicted octanol–water partition coefficient (Wildman–Crippen LogP) is 11.5. The molecule has 0 radical (unpaired) electrons. The van der Waals surface area contributed by atoms with E-state index in [9.17, 15) is 0 Å². The summed E-state index contributed by atoms with van der Waals surface area (Å²) in [5.41, 5.74) is 1.56. The van der Waals surface area contributed by atoms with Gasteiger partial charge in [-0.3, -0.25) is 0 Å². The molecule has 0 aliphatic heterocycles. The molecule has 31 heavy (non-hydrogen) atoms. The second-order valence-electron chi connectivity index (χ2n) is 11.6. The van der Waals surface area contributed by atoms with Gasteiger partial charge in [0.15, 0.2) is 0 Å². The van der Waals surface area contributed by atoms with Gasteiger partial charge in [0.05, 0.1) is 0 Å². The van der Waals surface area contributed by atoms with Crippen molar-refractivity contribution in [1.82, 2.24) is 0 Å². The van der Waals surface area contributed by atoms with Crippen LogP contribution >= 0.6 is 0 Å². The van der Waals surface area contributed by atoms with Crippen LogP contribution in [-0.2, 0) is 0 Å². The van der Waals surface area contributed by atoms with Crippen LogP contribution in [0.15, 0.2) is 12.7 Å². The van der Waals surface area contributed by atoms with Gasteiger partial charge in [-0.1, -0.05) is 101 Å². The standard InChI is InChI=1S/C18H32.C9H16.4CH4/c1-3-15-4-6-16(7-5-15)14-18-11-8-17(2,9-12-18)10-13-18;1-3-9-6-4-8(2)5-7-9;;;;/h15-16H,3-14H2,1-2H3;3,8-9H,1,4-7H2,2H3;4*1H4. The van der Waals surface area contributed by atoms with Crippen LogP contribution in [0.5, 0.6) is 0 Å². The van der Waals surface area contributed by atoms with E-state index in [1.165, 1.54) is 64.2 Å². The summed E-state index contributed by atoms with van der Waals surface area (Å²) >= 11 is 0. The summed E-state index contributed by atoms with van der Waals surface area (Å²) < 4.78 is 0. The number of fused-ring (bicyclic) bond motifs is 3. The van der Waals surface area contributed by atoms with Crippen molar-refractivity contribution in [2.45, 2.75) is 153 Å². The Hall–Kier alpha value is -0.260. The van der Waals surface area contributed by atoms with Crippen molar-refractivity contribution in [3.05, 3.63) is 12.7 Å². The molecular formula is C31H64. The fourth-order valence-electron chi connectivity index (χ4n) is 6.73. The fourth-order valence-corrected chi connectivity index (χ4v) is 6.73. The summed E-state index contributed by atoms with van der Waals surface area (Å²) in [5.74, 6) is 3.97. The van der Waals surface area contributed by atoms with Gasteiger partial charge in [0.25, 0.3) is 0 Å². The minimum atomic E-state index is 0. The van der Waals surface area contributed by atoms with Gasteiger partial charge < -0.3 is 0 Å². The van der Waals surface area contributed by atoms with E-state index in [-0.39, 0.29) is 29.7 Å². The fraction of sp³-hybridized carbons (Fsp3) is 0.935. The van der Waals surface area contributed by atoms with Crippen molar-refractivity contribution in [2.75, 3.05) is 0 Å². The van der Waals surface area contributed by atoms with E-state index in [1.807, 2.05) is 0 Å². The Labute approximate surface area is 200 Å². The van der Waals surface area contributed by atoms with Gasteiger partial charge in [0.2, 0.25) is 0 Å². The first-order chi connectivity index (χ1) is 13.0. The second kappa shape index (κ2) is 14.8. The van der Waals surface area contributed by atoms with Crippen LogP contribution in [0.2, 0.25) is 0 Å². The minimum Gasteiger partial charge on any atom is -0.103 e. The monoisotopic (exact) mass is 437 g/mol. The molecule has 5 saturated carbocycles. The summed E-state index contributed by atoms with van der Waals surface area (Å²) in [6, 6.07) is 0. The van der Waals surface area contributed by atoms with Crippen LogP contribution in [-0.4, -0.2) is 0 Å². The molecule has 0 aromatic heterocycles. The van der Waals surface area contributed by atoms with E-state index < -0.39 is 0 Å². The topological polar surface area (TPSA) is 0 Å².